The van der Waals surface area contributed by atoms with E-state index in [4.69, 9.17) is 19.9 Å². The normalized spacial score (nSPS) is 16.0. The van der Waals surface area contributed by atoms with Gasteiger partial charge in [0.05, 0.1) is 19.8 Å². The zero-order valence-electron chi connectivity index (χ0n) is 12.2. The van der Waals surface area contributed by atoms with Gasteiger partial charge in [0.15, 0.2) is 12.8 Å². The third kappa shape index (κ3) is 4.30. The summed E-state index contributed by atoms with van der Waals surface area (Å²) in [6.45, 7) is 3.18. The van der Waals surface area contributed by atoms with E-state index in [-0.39, 0.29) is 31.2 Å². The van der Waals surface area contributed by atoms with Gasteiger partial charge in [-0.05, 0) is 19.1 Å². The number of halogens is 1. The molecule has 0 saturated heterocycles. The predicted molar refractivity (Wildman–Crippen MR) is 76.5 cm³/mol. The third-order valence-electron chi connectivity index (χ3n) is 2.98. The first-order chi connectivity index (χ1) is 10.1. The quantitative estimate of drug-likeness (QED) is 0.629. The number of nitrogens with one attached hydrogen (secondary N) is 1. The van der Waals surface area contributed by atoms with Gasteiger partial charge in [0.1, 0.15) is 11.6 Å². The number of benzene rings is 1. The lowest BCUT2D eigenvalue weighted by Gasteiger charge is -2.20. The monoisotopic (exact) mass is 297 g/mol. The van der Waals surface area contributed by atoms with Gasteiger partial charge in [0, 0.05) is 24.3 Å². The maximum atomic E-state index is 13.6. The SMILES string of the molecule is COCC(C)NC(N)=NCc1cc(F)cc2c1OCOC2. The number of rotatable bonds is 5. The Morgan fingerprint density at radius 1 is 1.57 bits per heavy atom. The van der Waals surface area contributed by atoms with Gasteiger partial charge in [0.25, 0.3) is 0 Å². The average Bonchev–Trinajstić information content (AvgIpc) is 2.44. The van der Waals surface area contributed by atoms with Crippen LogP contribution in [0.3, 0.4) is 0 Å². The lowest BCUT2D eigenvalue weighted by molar-refractivity contribution is -0.0172. The van der Waals surface area contributed by atoms with Gasteiger partial charge in [-0.2, -0.15) is 0 Å². The van der Waals surface area contributed by atoms with E-state index in [2.05, 4.69) is 10.3 Å². The van der Waals surface area contributed by atoms with Crippen LogP contribution in [0, 0.1) is 5.82 Å². The molecule has 21 heavy (non-hydrogen) atoms. The summed E-state index contributed by atoms with van der Waals surface area (Å²) in [5.74, 6) is 0.570. The van der Waals surface area contributed by atoms with E-state index < -0.39 is 0 Å². The summed E-state index contributed by atoms with van der Waals surface area (Å²) in [5.41, 5.74) is 7.13. The van der Waals surface area contributed by atoms with Crippen molar-refractivity contribution in [2.75, 3.05) is 20.5 Å². The fourth-order valence-corrected chi connectivity index (χ4v) is 2.13. The van der Waals surface area contributed by atoms with E-state index in [1.54, 1.807) is 7.11 Å². The molecule has 3 N–H and O–H groups in total. The summed E-state index contributed by atoms with van der Waals surface area (Å²) < 4.78 is 29.1. The Hall–Kier alpha value is -1.86. The molecule has 2 rings (SSSR count). The number of aliphatic imine (C=N–C) groups is 1. The molecule has 6 nitrogen and oxygen atoms in total. The van der Waals surface area contributed by atoms with E-state index in [1.165, 1.54) is 12.1 Å². The highest BCUT2D eigenvalue weighted by Gasteiger charge is 2.16. The summed E-state index contributed by atoms with van der Waals surface area (Å²) in [7, 11) is 1.62. The average molecular weight is 297 g/mol. The molecule has 0 aliphatic carbocycles. The minimum absolute atomic E-state index is 0.0461. The van der Waals surface area contributed by atoms with E-state index in [0.717, 1.165) is 0 Å². The second-order valence-electron chi connectivity index (χ2n) is 4.87. The van der Waals surface area contributed by atoms with E-state index in [1.807, 2.05) is 6.92 Å². The van der Waals surface area contributed by atoms with Crippen LogP contribution in [0.25, 0.3) is 0 Å². The molecule has 1 atom stereocenters. The molecular formula is C14H20FN3O3. The number of nitrogens with two attached hydrogens (primary N) is 1. The van der Waals surface area contributed by atoms with Crippen molar-refractivity contribution in [2.45, 2.75) is 26.1 Å². The first-order valence-corrected chi connectivity index (χ1v) is 6.67. The van der Waals surface area contributed by atoms with Crippen LogP contribution in [0.5, 0.6) is 5.75 Å². The van der Waals surface area contributed by atoms with Crippen LogP contribution >= 0.6 is 0 Å². The van der Waals surface area contributed by atoms with Gasteiger partial charge in [-0.1, -0.05) is 0 Å². The van der Waals surface area contributed by atoms with E-state index in [0.29, 0.717) is 30.1 Å². The van der Waals surface area contributed by atoms with E-state index >= 15 is 0 Å². The fraction of sp³-hybridized carbons (Fsp3) is 0.500. The van der Waals surface area contributed by atoms with E-state index in [9.17, 15) is 4.39 Å². The summed E-state index contributed by atoms with van der Waals surface area (Å²) >= 11 is 0. The molecule has 0 amide bonds. The molecular weight excluding hydrogens is 277 g/mol. The van der Waals surface area contributed by atoms with Gasteiger partial charge < -0.3 is 25.3 Å². The standard InChI is InChI=1S/C14H20FN3O3/c1-9(6-19-2)18-14(16)17-5-10-3-12(15)4-11-7-20-8-21-13(10)11/h3-4,9H,5-8H2,1-2H3,(H3,16,17,18). The Kier molecular flexibility index (Phi) is 5.35. The molecule has 116 valence electrons. The lowest BCUT2D eigenvalue weighted by atomic mass is 10.1. The predicted octanol–water partition coefficient (Wildman–Crippen LogP) is 1.13. The van der Waals surface area contributed by atoms with Crippen LogP contribution in [-0.2, 0) is 22.6 Å². The molecule has 0 aromatic heterocycles. The minimum Gasteiger partial charge on any atom is -0.467 e. The maximum Gasteiger partial charge on any atom is 0.189 e. The molecule has 1 aliphatic rings. The number of nitrogens with zero attached hydrogens (tertiary/aromatic N) is 1. The van der Waals surface area contributed by atoms with Crippen LogP contribution in [0.2, 0.25) is 0 Å². The largest absolute Gasteiger partial charge is 0.467 e. The second kappa shape index (κ2) is 7.24. The first-order valence-electron chi connectivity index (χ1n) is 6.67. The third-order valence-corrected chi connectivity index (χ3v) is 2.98. The van der Waals surface area contributed by atoms with Crippen molar-refractivity contribution < 1.29 is 18.6 Å². The number of hydrogen-bond donors (Lipinski definition) is 2. The van der Waals surface area contributed by atoms with Crippen molar-refractivity contribution in [3.8, 4) is 5.75 Å². The number of ether oxygens (including phenoxy) is 3. The van der Waals surface area contributed by atoms with Gasteiger partial charge in [-0.3, -0.25) is 0 Å². The molecule has 0 radical (unpaired) electrons. The molecule has 1 aliphatic heterocycles. The molecule has 1 unspecified atom stereocenters. The highest BCUT2D eigenvalue weighted by atomic mass is 19.1. The Morgan fingerprint density at radius 3 is 3.14 bits per heavy atom. The van der Waals surface area contributed by atoms with Crippen LogP contribution in [0.1, 0.15) is 18.1 Å². The molecule has 0 saturated carbocycles. The van der Waals surface area contributed by atoms with Crippen molar-refractivity contribution >= 4 is 5.96 Å². The topological polar surface area (TPSA) is 78.1 Å². The van der Waals surface area contributed by atoms with Gasteiger partial charge in [-0.15, -0.1) is 0 Å². The smallest absolute Gasteiger partial charge is 0.189 e. The number of fused-ring (bicyclic) bond motifs is 1. The Bertz CT molecular complexity index is 522. The van der Waals surface area contributed by atoms with Crippen molar-refractivity contribution in [2.24, 2.45) is 10.7 Å². The van der Waals surface area contributed by atoms with Gasteiger partial charge in [-0.25, -0.2) is 9.38 Å². The minimum atomic E-state index is -0.340. The van der Waals surface area contributed by atoms with Crippen molar-refractivity contribution in [3.05, 3.63) is 29.1 Å². The van der Waals surface area contributed by atoms with Crippen LogP contribution in [-0.4, -0.2) is 32.5 Å². The molecule has 7 heteroatoms. The molecule has 0 fully saturated rings. The zero-order chi connectivity index (χ0) is 15.2. The Labute approximate surface area is 123 Å². The van der Waals surface area contributed by atoms with Crippen molar-refractivity contribution in [1.29, 1.82) is 0 Å². The molecule has 1 aromatic carbocycles. The molecule has 1 aromatic rings. The number of methoxy groups -OCH3 is 1. The Balaban J connectivity index is 2.07. The van der Waals surface area contributed by atoms with Gasteiger partial charge >= 0.3 is 0 Å². The maximum absolute atomic E-state index is 13.6. The number of hydrogen-bond acceptors (Lipinski definition) is 4. The number of guanidine groups is 1. The zero-order valence-corrected chi connectivity index (χ0v) is 12.2. The summed E-state index contributed by atoms with van der Waals surface area (Å²) in [5, 5.41) is 2.99. The van der Waals surface area contributed by atoms with Crippen molar-refractivity contribution in [1.82, 2.24) is 5.32 Å². The Morgan fingerprint density at radius 2 is 2.38 bits per heavy atom. The van der Waals surface area contributed by atoms with Crippen LogP contribution < -0.4 is 15.8 Å². The van der Waals surface area contributed by atoms with Crippen molar-refractivity contribution in [3.63, 3.8) is 0 Å². The van der Waals surface area contributed by atoms with Crippen LogP contribution in [0.15, 0.2) is 17.1 Å². The first kappa shape index (κ1) is 15.5. The highest BCUT2D eigenvalue weighted by molar-refractivity contribution is 5.78. The fourth-order valence-electron chi connectivity index (χ4n) is 2.13. The molecule has 1 heterocycles. The summed E-state index contributed by atoms with van der Waals surface area (Å²) in [6, 6.07) is 2.86. The lowest BCUT2D eigenvalue weighted by Crippen LogP contribution is -2.40. The molecule has 0 spiro atoms. The second-order valence-corrected chi connectivity index (χ2v) is 4.87. The van der Waals surface area contributed by atoms with Gasteiger partial charge in [0.2, 0.25) is 0 Å². The molecule has 0 bridgehead atoms. The summed E-state index contributed by atoms with van der Waals surface area (Å²) in [6.07, 6.45) is 0. The van der Waals surface area contributed by atoms with Crippen LogP contribution in [0.4, 0.5) is 4.39 Å². The summed E-state index contributed by atoms with van der Waals surface area (Å²) in [4.78, 5) is 4.21. The highest BCUT2D eigenvalue weighted by Crippen LogP contribution is 2.29.